The minimum Gasteiger partial charge on any atom is -0.373 e. The average Bonchev–Trinajstić information content (AvgIpc) is 2.95. The van der Waals surface area contributed by atoms with Crippen LogP contribution < -0.4 is 5.32 Å². The van der Waals surface area contributed by atoms with E-state index in [1.54, 1.807) is 0 Å². The van der Waals surface area contributed by atoms with Crippen LogP contribution in [0.1, 0.15) is 31.7 Å². The summed E-state index contributed by atoms with van der Waals surface area (Å²) in [5.74, 6) is 0.851. The van der Waals surface area contributed by atoms with Crippen LogP contribution in [-0.2, 0) is 11.2 Å². The van der Waals surface area contributed by atoms with Crippen LogP contribution in [0.15, 0.2) is 6.33 Å². The van der Waals surface area contributed by atoms with Gasteiger partial charge in [0.2, 0.25) is 0 Å². The maximum Gasteiger partial charge on any atom is 0.137 e. The zero-order chi connectivity index (χ0) is 14.7. The molecule has 0 amide bonds. The lowest BCUT2D eigenvalue weighted by atomic mass is 10.1. The van der Waals surface area contributed by atoms with E-state index in [-0.39, 0.29) is 6.10 Å². The molecule has 0 radical (unpaired) electrons. The molecule has 2 atom stereocenters. The molecular weight excluding hydrogens is 288 g/mol. The first-order valence-corrected chi connectivity index (χ1v) is 8.24. The summed E-state index contributed by atoms with van der Waals surface area (Å²) >= 11 is 6.17. The van der Waals surface area contributed by atoms with Crippen molar-refractivity contribution in [3.05, 3.63) is 17.0 Å². The van der Waals surface area contributed by atoms with Crippen LogP contribution in [0.25, 0.3) is 0 Å². The number of ether oxygens (including phenoxy) is 1. The van der Waals surface area contributed by atoms with Gasteiger partial charge in [-0.1, -0.05) is 24.9 Å². The molecule has 1 N–H and O–H groups in total. The smallest absolute Gasteiger partial charge is 0.137 e. The maximum atomic E-state index is 6.17. The van der Waals surface area contributed by atoms with E-state index in [1.807, 2.05) is 0 Å². The Morgan fingerprint density at radius 2 is 2.38 bits per heavy atom. The fraction of sp³-hybridized carbons (Fsp3) is 0.733. The fourth-order valence-electron chi connectivity index (χ4n) is 3.23. The van der Waals surface area contributed by atoms with Crippen LogP contribution in [0.4, 0.5) is 5.82 Å². The number of aromatic nitrogens is 2. The summed E-state index contributed by atoms with van der Waals surface area (Å²) in [6.07, 6.45) is 6.24. The van der Waals surface area contributed by atoms with E-state index in [2.05, 4.69) is 27.1 Å². The second kappa shape index (κ2) is 6.90. The summed E-state index contributed by atoms with van der Waals surface area (Å²) in [6.45, 7) is 5.99. The van der Waals surface area contributed by atoms with E-state index < -0.39 is 0 Å². The Hall–Kier alpha value is -0.910. The van der Waals surface area contributed by atoms with Crippen molar-refractivity contribution in [2.24, 2.45) is 0 Å². The van der Waals surface area contributed by atoms with Crippen molar-refractivity contribution in [3.63, 3.8) is 0 Å². The highest BCUT2D eigenvalue weighted by molar-refractivity contribution is 6.30. The number of fused-ring (bicyclic) bond motifs is 1. The zero-order valence-corrected chi connectivity index (χ0v) is 13.3. The first kappa shape index (κ1) is 15.0. The van der Waals surface area contributed by atoms with Crippen LogP contribution in [0.2, 0.25) is 5.15 Å². The van der Waals surface area contributed by atoms with Gasteiger partial charge in [-0.25, -0.2) is 9.97 Å². The molecule has 0 aliphatic carbocycles. The second-order valence-electron chi connectivity index (χ2n) is 5.87. The third-order valence-electron chi connectivity index (χ3n) is 4.35. The number of anilines is 1. The van der Waals surface area contributed by atoms with Crippen LogP contribution in [0.5, 0.6) is 0 Å². The third kappa shape index (κ3) is 3.47. The Bertz CT molecular complexity index is 485. The summed E-state index contributed by atoms with van der Waals surface area (Å²) < 4.78 is 5.96. The molecule has 0 bridgehead atoms. The van der Waals surface area contributed by atoms with Crippen molar-refractivity contribution < 1.29 is 4.74 Å². The van der Waals surface area contributed by atoms with Crippen LogP contribution in [0, 0.1) is 0 Å². The number of rotatable bonds is 5. The Morgan fingerprint density at radius 3 is 3.24 bits per heavy atom. The average molecular weight is 311 g/mol. The van der Waals surface area contributed by atoms with Gasteiger partial charge in [0.15, 0.2) is 0 Å². The van der Waals surface area contributed by atoms with Gasteiger partial charge >= 0.3 is 0 Å². The largest absolute Gasteiger partial charge is 0.373 e. The number of hydrogen-bond acceptors (Lipinski definition) is 5. The van der Waals surface area contributed by atoms with Crippen molar-refractivity contribution >= 4 is 17.4 Å². The Morgan fingerprint density at radius 1 is 1.48 bits per heavy atom. The molecule has 0 saturated carbocycles. The lowest BCUT2D eigenvalue weighted by Gasteiger charge is -2.35. The standard InChI is InChI=1S/C15H23ClN4O/c1-2-4-13-14(16)18-10-19-15(13)17-7-12-8-20-6-3-5-11(20)9-21-12/h10-12H,2-9H2,1H3,(H,17,18,19). The highest BCUT2D eigenvalue weighted by atomic mass is 35.5. The molecule has 0 aromatic carbocycles. The Balaban J connectivity index is 1.59. The molecule has 3 heterocycles. The van der Waals surface area contributed by atoms with Gasteiger partial charge in [0.05, 0.1) is 12.7 Å². The van der Waals surface area contributed by atoms with Crippen molar-refractivity contribution in [1.29, 1.82) is 0 Å². The predicted octanol–water partition coefficient (Wildman–Crippen LogP) is 2.36. The lowest BCUT2D eigenvalue weighted by molar-refractivity contribution is -0.0416. The van der Waals surface area contributed by atoms with Gasteiger partial charge in [0.25, 0.3) is 0 Å². The molecule has 6 heteroatoms. The highest BCUT2D eigenvalue weighted by Gasteiger charge is 2.32. The monoisotopic (exact) mass is 310 g/mol. The molecule has 2 fully saturated rings. The fourth-order valence-corrected chi connectivity index (χ4v) is 3.46. The van der Waals surface area contributed by atoms with Crippen LogP contribution >= 0.6 is 11.6 Å². The van der Waals surface area contributed by atoms with Crippen LogP contribution in [0.3, 0.4) is 0 Å². The topological polar surface area (TPSA) is 50.3 Å². The maximum absolute atomic E-state index is 6.17. The van der Waals surface area contributed by atoms with E-state index in [1.165, 1.54) is 25.7 Å². The zero-order valence-electron chi connectivity index (χ0n) is 12.5. The minimum absolute atomic E-state index is 0.225. The van der Waals surface area contributed by atoms with E-state index in [0.29, 0.717) is 11.2 Å². The second-order valence-corrected chi connectivity index (χ2v) is 6.23. The van der Waals surface area contributed by atoms with Gasteiger partial charge in [-0.05, 0) is 25.8 Å². The molecule has 21 heavy (non-hydrogen) atoms. The summed E-state index contributed by atoms with van der Waals surface area (Å²) in [6, 6.07) is 0.644. The van der Waals surface area contributed by atoms with Gasteiger partial charge in [-0.3, -0.25) is 4.90 Å². The third-order valence-corrected chi connectivity index (χ3v) is 4.68. The molecule has 0 spiro atoms. The van der Waals surface area contributed by atoms with Crippen molar-refractivity contribution in [3.8, 4) is 0 Å². The van der Waals surface area contributed by atoms with Crippen molar-refractivity contribution in [2.45, 2.75) is 44.8 Å². The van der Waals surface area contributed by atoms with Crippen molar-refractivity contribution in [2.75, 3.05) is 31.6 Å². The van der Waals surface area contributed by atoms with E-state index in [9.17, 15) is 0 Å². The van der Waals surface area contributed by atoms with E-state index in [4.69, 9.17) is 16.3 Å². The first-order valence-electron chi connectivity index (χ1n) is 7.86. The number of halogens is 1. The molecule has 3 rings (SSSR count). The van der Waals surface area contributed by atoms with E-state index in [0.717, 1.165) is 43.9 Å². The lowest BCUT2D eigenvalue weighted by Crippen LogP contribution is -2.48. The highest BCUT2D eigenvalue weighted by Crippen LogP contribution is 2.24. The minimum atomic E-state index is 0.225. The normalized spacial score (nSPS) is 25.8. The van der Waals surface area contributed by atoms with Crippen molar-refractivity contribution in [1.82, 2.24) is 14.9 Å². The molecule has 2 saturated heterocycles. The molecule has 5 nitrogen and oxygen atoms in total. The molecule has 1 aromatic heterocycles. The van der Waals surface area contributed by atoms with Gasteiger partial charge < -0.3 is 10.1 Å². The number of morpholine rings is 1. The SMILES string of the molecule is CCCc1c(Cl)ncnc1NCC1CN2CCCC2CO1. The Kier molecular flexibility index (Phi) is 4.93. The van der Waals surface area contributed by atoms with Gasteiger partial charge in [0.1, 0.15) is 17.3 Å². The van der Waals surface area contributed by atoms with Crippen LogP contribution in [-0.4, -0.2) is 53.3 Å². The van der Waals surface area contributed by atoms with Gasteiger partial charge in [-0.2, -0.15) is 0 Å². The first-order chi connectivity index (χ1) is 10.3. The quantitative estimate of drug-likeness (QED) is 0.846. The molecular formula is C15H23ClN4O. The summed E-state index contributed by atoms with van der Waals surface area (Å²) in [4.78, 5) is 11.0. The Labute approximate surface area is 131 Å². The molecule has 116 valence electrons. The van der Waals surface area contributed by atoms with Gasteiger partial charge in [0, 0.05) is 24.7 Å². The molecule has 1 aromatic rings. The summed E-state index contributed by atoms with van der Waals surface area (Å²) in [7, 11) is 0. The predicted molar refractivity (Wildman–Crippen MR) is 83.9 cm³/mol. The number of nitrogens with one attached hydrogen (secondary N) is 1. The summed E-state index contributed by atoms with van der Waals surface area (Å²) in [5.41, 5.74) is 1.01. The molecule has 2 aliphatic heterocycles. The number of nitrogens with zero attached hydrogens (tertiary/aromatic N) is 3. The van der Waals surface area contributed by atoms with E-state index >= 15 is 0 Å². The molecule has 2 unspecified atom stereocenters. The van der Waals surface area contributed by atoms with Gasteiger partial charge in [-0.15, -0.1) is 0 Å². The number of hydrogen-bond donors (Lipinski definition) is 1. The summed E-state index contributed by atoms with van der Waals surface area (Å²) in [5, 5.41) is 3.96. The molecule has 2 aliphatic rings.